The number of carbonyl (C=O) groups is 1. The van der Waals surface area contributed by atoms with E-state index in [0.717, 1.165) is 11.1 Å². The molecule has 7 nitrogen and oxygen atoms in total. The number of benzene rings is 4. The minimum absolute atomic E-state index is 0.334. The maximum Gasteiger partial charge on any atom is 0.256 e. The Morgan fingerprint density at radius 2 is 1.28 bits per heavy atom. The number of halogens is 1. The van der Waals surface area contributed by atoms with Gasteiger partial charge >= 0.3 is 0 Å². The molecular weight excluding hydrogens is 518 g/mol. The van der Waals surface area contributed by atoms with Crippen molar-refractivity contribution in [3.8, 4) is 45.4 Å². The zero-order valence-corrected chi connectivity index (χ0v) is 22.6. The Kier molecular flexibility index (Phi) is 7.34. The lowest BCUT2D eigenvalue weighted by Crippen LogP contribution is -2.12. The van der Waals surface area contributed by atoms with Crippen molar-refractivity contribution in [3.63, 3.8) is 0 Å². The molecule has 5 aromatic rings. The van der Waals surface area contributed by atoms with Gasteiger partial charge in [0.05, 0.1) is 34.0 Å². The zero-order chi connectivity index (χ0) is 27.5. The summed E-state index contributed by atoms with van der Waals surface area (Å²) in [6.07, 6.45) is 0. The average Bonchev–Trinajstić information content (AvgIpc) is 3.37. The normalized spacial score (nSPS) is 10.8. The second-order valence-electron chi connectivity index (χ2n) is 8.65. The molecule has 0 saturated carbocycles. The van der Waals surface area contributed by atoms with Crippen LogP contribution in [0.25, 0.3) is 33.4 Å². The molecular formula is C31H26ClNO6. The van der Waals surface area contributed by atoms with Gasteiger partial charge in [0.2, 0.25) is 0 Å². The number of hydrogen-bond acceptors (Lipinski definition) is 6. The fraction of sp³-hybridized carbons (Fsp3) is 0.129. The first kappa shape index (κ1) is 26.0. The predicted molar refractivity (Wildman–Crippen MR) is 153 cm³/mol. The molecule has 4 aromatic carbocycles. The van der Waals surface area contributed by atoms with E-state index in [4.69, 9.17) is 35.0 Å². The number of amides is 1. The second-order valence-corrected chi connectivity index (χ2v) is 9.08. The summed E-state index contributed by atoms with van der Waals surface area (Å²) in [6, 6.07) is 23.4. The smallest absolute Gasteiger partial charge is 0.256 e. The standard InChI is InChI=1S/C31H26ClNO6/c1-35-22-11-5-18(6-12-22)30-28(19-13-23(36-2)15-24(14-19)37-3)29-26(16-25(38-4)17-27(29)39-30)31(34)33-21-9-7-20(32)8-10-21/h5-17H,1-4H3,(H,33,34). The molecule has 0 aliphatic rings. The van der Waals surface area contributed by atoms with Gasteiger partial charge in [-0.1, -0.05) is 11.6 Å². The first-order valence-corrected chi connectivity index (χ1v) is 12.4. The van der Waals surface area contributed by atoms with Gasteiger partial charge in [0.15, 0.2) is 0 Å². The van der Waals surface area contributed by atoms with E-state index in [1.165, 1.54) is 0 Å². The van der Waals surface area contributed by atoms with Gasteiger partial charge in [-0.2, -0.15) is 0 Å². The molecule has 0 atom stereocenters. The Bertz CT molecular complexity index is 1620. The topological polar surface area (TPSA) is 79.2 Å². The average molecular weight is 544 g/mol. The molecule has 8 heteroatoms. The van der Waals surface area contributed by atoms with Crippen LogP contribution in [0.4, 0.5) is 5.69 Å². The summed E-state index contributed by atoms with van der Waals surface area (Å²) < 4.78 is 28.4. The molecule has 198 valence electrons. The summed E-state index contributed by atoms with van der Waals surface area (Å²) in [4.78, 5) is 13.7. The van der Waals surface area contributed by atoms with E-state index in [-0.39, 0.29) is 5.91 Å². The summed E-state index contributed by atoms with van der Waals surface area (Å²) in [5.41, 5.74) is 3.71. The van der Waals surface area contributed by atoms with E-state index in [9.17, 15) is 4.79 Å². The summed E-state index contributed by atoms with van der Waals surface area (Å²) in [5, 5.41) is 4.14. The van der Waals surface area contributed by atoms with Gasteiger partial charge in [-0.3, -0.25) is 4.79 Å². The number of nitrogens with one attached hydrogen (secondary N) is 1. The van der Waals surface area contributed by atoms with Crippen molar-refractivity contribution in [2.24, 2.45) is 0 Å². The number of carbonyl (C=O) groups excluding carboxylic acids is 1. The van der Waals surface area contributed by atoms with Crippen molar-refractivity contribution in [2.75, 3.05) is 33.8 Å². The molecule has 0 radical (unpaired) electrons. The van der Waals surface area contributed by atoms with Crippen molar-refractivity contribution in [2.45, 2.75) is 0 Å². The molecule has 0 saturated heterocycles. The van der Waals surface area contributed by atoms with Crippen LogP contribution in [-0.4, -0.2) is 34.3 Å². The molecule has 0 unspecified atom stereocenters. The van der Waals surface area contributed by atoms with E-state index in [1.807, 2.05) is 36.4 Å². The molecule has 0 spiro atoms. The molecule has 1 N–H and O–H groups in total. The Hall–Kier alpha value is -4.62. The van der Waals surface area contributed by atoms with Gasteiger partial charge in [-0.15, -0.1) is 0 Å². The number of anilines is 1. The second kappa shape index (κ2) is 11.0. The van der Waals surface area contributed by atoms with Crippen LogP contribution in [0.1, 0.15) is 10.4 Å². The molecule has 39 heavy (non-hydrogen) atoms. The highest BCUT2D eigenvalue weighted by atomic mass is 35.5. The van der Waals surface area contributed by atoms with Crippen molar-refractivity contribution < 1.29 is 28.2 Å². The van der Waals surface area contributed by atoms with Gasteiger partial charge in [-0.25, -0.2) is 0 Å². The van der Waals surface area contributed by atoms with Crippen LogP contribution in [0.15, 0.2) is 83.3 Å². The lowest BCUT2D eigenvalue weighted by molar-refractivity contribution is 0.102. The summed E-state index contributed by atoms with van der Waals surface area (Å²) >= 11 is 6.03. The summed E-state index contributed by atoms with van der Waals surface area (Å²) in [7, 11) is 6.34. The van der Waals surface area contributed by atoms with E-state index in [2.05, 4.69) is 5.32 Å². The van der Waals surface area contributed by atoms with Gasteiger partial charge in [-0.05, 0) is 72.3 Å². The van der Waals surface area contributed by atoms with Crippen LogP contribution < -0.4 is 24.3 Å². The van der Waals surface area contributed by atoms with Crippen LogP contribution in [-0.2, 0) is 0 Å². The van der Waals surface area contributed by atoms with E-state index in [1.54, 1.807) is 70.9 Å². The number of ether oxygens (including phenoxy) is 4. The minimum Gasteiger partial charge on any atom is -0.497 e. The molecule has 1 heterocycles. The van der Waals surface area contributed by atoms with Crippen molar-refractivity contribution in [1.29, 1.82) is 0 Å². The number of rotatable bonds is 8. The predicted octanol–water partition coefficient (Wildman–Crippen LogP) is 7.71. The molecule has 0 aliphatic carbocycles. The zero-order valence-electron chi connectivity index (χ0n) is 21.8. The largest absolute Gasteiger partial charge is 0.497 e. The molecule has 1 amide bonds. The Morgan fingerprint density at radius 3 is 1.87 bits per heavy atom. The third-order valence-corrected chi connectivity index (χ3v) is 6.59. The maximum atomic E-state index is 13.7. The lowest BCUT2D eigenvalue weighted by atomic mass is 9.95. The first-order valence-electron chi connectivity index (χ1n) is 12.0. The molecule has 1 aromatic heterocycles. The minimum atomic E-state index is -0.334. The molecule has 5 rings (SSSR count). The van der Waals surface area contributed by atoms with Gasteiger partial charge in [0.25, 0.3) is 5.91 Å². The Labute approximate surface area is 230 Å². The summed E-state index contributed by atoms with van der Waals surface area (Å²) in [5.74, 6) is 2.62. The quantitative estimate of drug-likeness (QED) is 0.216. The molecule has 0 fully saturated rings. The number of methoxy groups -OCH3 is 4. The van der Waals surface area contributed by atoms with Crippen LogP contribution in [0.3, 0.4) is 0 Å². The highest BCUT2D eigenvalue weighted by Gasteiger charge is 2.25. The van der Waals surface area contributed by atoms with Gasteiger partial charge in [0, 0.05) is 39.4 Å². The Morgan fingerprint density at radius 1 is 0.692 bits per heavy atom. The fourth-order valence-corrected chi connectivity index (χ4v) is 4.53. The lowest BCUT2D eigenvalue weighted by Gasteiger charge is -2.12. The highest BCUT2D eigenvalue weighted by molar-refractivity contribution is 6.30. The number of furan rings is 1. The maximum absolute atomic E-state index is 13.7. The fourth-order valence-electron chi connectivity index (χ4n) is 4.40. The van der Waals surface area contributed by atoms with Gasteiger partial charge < -0.3 is 28.7 Å². The van der Waals surface area contributed by atoms with Crippen LogP contribution in [0.2, 0.25) is 5.02 Å². The molecule has 0 aliphatic heterocycles. The van der Waals surface area contributed by atoms with E-state index in [0.29, 0.717) is 61.6 Å². The van der Waals surface area contributed by atoms with Gasteiger partial charge in [0.1, 0.15) is 34.3 Å². The number of hydrogen-bond donors (Lipinski definition) is 1. The highest BCUT2D eigenvalue weighted by Crippen LogP contribution is 2.45. The van der Waals surface area contributed by atoms with Crippen molar-refractivity contribution in [1.82, 2.24) is 0 Å². The van der Waals surface area contributed by atoms with Crippen molar-refractivity contribution >= 4 is 34.2 Å². The Balaban J connectivity index is 1.79. The first-order chi connectivity index (χ1) is 18.9. The third kappa shape index (κ3) is 5.22. The van der Waals surface area contributed by atoms with Crippen LogP contribution in [0.5, 0.6) is 23.0 Å². The SMILES string of the molecule is COc1ccc(-c2oc3cc(OC)cc(C(=O)Nc4ccc(Cl)cc4)c3c2-c2cc(OC)cc(OC)c2)cc1. The molecule has 0 bridgehead atoms. The van der Waals surface area contributed by atoms with Crippen LogP contribution >= 0.6 is 11.6 Å². The summed E-state index contributed by atoms with van der Waals surface area (Å²) in [6.45, 7) is 0. The number of fused-ring (bicyclic) bond motifs is 1. The van der Waals surface area contributed by atoms with Crippen LogP contribution in [0, 0.1) is 0 Å². The third-order valence-electron chi connectivity index (χ3n) is 6.34. The van der Waals surface area contributed by atoms with E-state index >= 15 is 0 Å². The van der Waals surface area contributed by atoms with Crippen molar-refractivity contribution in [3.05, 3.63) is 89.4 Å². The monoisotopic (exact) mass is 543 g/mol. The van der Waals surface area contributed by atoms with E-state index < -0.39 is 0 Å².